The number of fused-ring (bicyclic) bond motifs is 1. The first-order chi connectivity index (χ1) is 7.59. The number of aliphatic carboxylic acids is 1. The van der Waals surface area contributed by atoms with Crippen molar-refractivity contribution in [3.05, 3.63) is 36.0 Å². The molecular weight excluding hydrogens is 204 g/mol. The summed E-state index contributed by atoms with van der Waals surface area (Å²) in [5.74, 6) is -0.965. The number of benzene rings is 1. The van der Waals surface area contributed by atoms with Gasteiger partial charge < -0.3 is 15.4 Å². The molecule has 2 rings (SSSR count). The van der Waals surface area contributed by atoms with Crippen molar-refractivity contribution in [3.63, 3.8) is 0 Å². The molecule has 0 saturated carbocycles. The Morgan fingerprint density at radius 3 is 2.94 bits per heavy atom. The third kappa shape index (κ3) is 1.79. The standard InChI is InChI=1S/C12H14N2O2/c1-14-6-5-9-8(3-2-4-11(9)14)7-10(13)12(15)16/h2-6,10H,7,13H2,1H3,(H,15,16). The number of nitrogens with two attached hydrogens (primary N) is 1. The maximum atomic E-state index is 10.7. The average Bonchev–Trinajstić information content (AvgIpc) is 2.62. The molecule has 2 aromatic rings. The van der Waals surface area contributed by atoms with E-state index in [1.54, 1.807) is 0 Å². The average molecular weight is 218 g/mol. The van der Waals surface area contributed by atoms with Gasteiger partial charge in [-0.2, -0.15) is 0 Å². The molecule has 0 bridgehead atoms. The SMILES string of the molecule is Cn1ccc2c(CC(N)C(=O)O)cccc21. The summed E-state index contributed by atoms with van der Waals surface area (Å²) in [4.78, 5) is 10.7. The van der Waals surface area contributed by atoms with Crippen LogP contribution in [0.25, 0.3) is 10.9 Å². The molecule has 0 radical (unpaired) electrons. The van der Waals surface area contributed by atoms with Gasteiger partial charge in [-0.05, 0) is 24.1 Å². The van der Waals surface area contributed by atoms with Crippen LogP contribution in [0.2, 0.25) is 0 Å². The molecular formula is C12H14N2O2. The highest BCUT2D eigenvalue weighted by Crippen LogP contribution is 2.20. The van der Waals surface area contributed by atoms with Gasteiger partial charge in [0.15, 0.2) is 0 Å². The second kappa shape index (κ2) is 3.98. The van der Waals surface area contributed by atoms with E-state index in [2.05, 4.69) is 0 Å². The van der Waals surface area contributed by atoms with Crippen LogP contribution >= 0.6 is 0 Å². The molecule has 1 aromatic carbocycles. The van der Waals surface area contributed by atoms with E-state index < -0.39 is 12.0 Å². The lowest BCUT2D eigenvalue weighted by atomic mass is 10.0. The van der Waals surface area contributed by atoms with Crippen LogP contribution in [0.4, 0.5) is 0 Å². The van der Waals surface area contributed by atoms with Crippen molar-refractivity contribution in [2.45, 2.75) is 12.5 Å². The lowest BCUT2D eigenvalue weighted by Gasteiger charge is -2.08. The molecule has 0 aliphatic rings. The summed E-state index contributed by atoms with van der Waals surface area (Å²) in [7, 11) is 1.96. The fourth-order valence-electron chi connectivity index (χ4n) is 1.87. The number of hydrogen-bond acceptors (Lipinski definition) is 2. The van der Waals surface area contributed by atoms with Crippen LogP contribution in [0.3, 0.4) is 0 Å². The summed E-state index contributed by atoms with van der Waals surface area (Å²) < 4.78 is 2.01. The van der Waals surface area contributed by atoms with Crippen molar-refractivity contribution in [1.82, 2.24) is 4.57 Å². The molecule has 3 N–H and O–H groups in total. The van der Waals surface area contributed by atoms with E-state index in [-0.39, 0.29) is 0 Å². The highest BCUT2D eigenvalue weighted by molar-refractivity contribution is 5.84. The highest BCUT2D eigenvalue weighted by atomic mass is 16.4. The molecule has 0 amide bonds. The van der Waals surface area contributed by atoms with E-state index in [0.29, 0.717) is 6.42 Å². The Morgan fingerprint density at radius 1 is 1.50 bits per heavy atom. The first-order valence-electron chi connectivity index (χ1n) is 5.11. The Bertz CT molecular complexity index is 531. The maximum absolute atomic E-state index is 10.7. The van der Waals surface area contributed by atoms with E-state index in [9.17, 15) is 4.79 Å². The lowest BCUT2D eigenvalue weighted by Crippen LogP contribution is -2.32. The summed E-state index contributed by atoms with van der Waals surface area (Å²) in [5.41, 5.74) is 7.61. The summed E-state index contributed by atoms with van der Waals surface area (Å²) in [6.45, 7) is 0. The molecule has 0 saturated heterocycles. The number of carboxylic acids is 1. The fourth-order valence-corrected chi connectivity index (χ4v) is 1.87. The summed E-state index contributed by atoms with van der Waals surface area (Å²) in [5, 5.41) is 9.86. The molecule has 1 aromatic heterocycles. The zero-order valence-corrected chi connectivity index (χ0v) is 9.05. The zero-order valence-electron chi connectivity index (χ0n) is 9.05. The van der Waals surface area contributed by atoms with Crippen LogP contribution in [-0.2, 0) is 18.3 Å². The maximum Gasteiger partial charge on any atom is 0.320 e. The predicted octanol–water partition coefficient (Wildman–Crippen LogP) is 1.13. The molecule has 0 aliphatic carbocycles. The van der Waals surface area contributed by atoms with Gasteiger partial charge in [0.05, 0.1) is 0 Å². The van der Waals surface area contributed by atoms with Gasteiger partial charge in [0.1, 0.15) is 6.04 Å². The van der Waals surface area contributed by atoms with E-state index >= 15 is 0 Å². The fraction of sp³-hybridized carbons (Fsp3) is 0.250. The third-order valence-corrected chi connectivity index (χ3v) is 2.78. The quantitative estimate of drug-likeness (QED) is 0.811. The van der Waals surface area contributed by atoms with E-state index in [0.717, 1.165) is 16.5 Å². The van der Waals surface area contributed by atoms with Gasteiger partial charge in [0.2, 0.25) is 0 Å². The summed E-state index contributed by atoms with van der Waals surface area (Å²) in [6.07, 6.45) is 2.32. The minimum absolute atomic E-state index is 0.358. The molecule has 1 atom stereocenters. The summed E-state index contributed by atoms with van der Waals surface area (Å²) in [6, 6.07) is 6.99. The number of nitrogens with zero attached hydrogens (tertiary/aromatic N) is 1. The van der Waals surface area contributed by atoms with Crippen molar-refractivity contribution in [2.75, 3.05) is 0 Å². The number of hydrogen-bond donors (Lipinski definition) is 2. The van der Waals surface area contributed by atoms with Crippen LogP contribution in [0, 0.1) is 0 Å². The van der Waals surface area contributed by atoms with Gasteiger partial charge in [-0.1, -0.05) is 12.1 Å². The molecule has 1 unspecified atom stereocenters. The van der Waals surface area contributed by atoms with Gasteiger partial charge >= 0.3 is 5.97 Å². The van der Waals surface area contributed by atoms with Crippen LogP contribution in [-0.4, -0.2) is 21.7 Å². The Kier molecular flexibility index (Phi) is 2.66. The van der Waals surface area contributed by atoms with Gasteiger partial charge in [0.25, 0.3) is 0 Å². The first kappa shape index (κ1) is 10.7. The van der Waals surface area contributed by atoms with Crippen molar-refractivity contribution in [1.29, 1.82) is 0 Å². The van der Waals surface area contributed by atoms with Crippen molar-refractivity contribution in [2.24, 2.45) is 12.8 Å². The van der Waals surface area contributed by atoms with Crippen molar-refractivity contribution >= 4 is 16.9 Å². The lowest BCUT2D eigenvalue weighted by molar-refractivity contribution is -0.138. The molecule has 16 heavy (non-hydrogen) atoms. The number of aryl methyl sites for hydroxylation is 1. The Balaban J connectivity index is 2.41. The second-order valence-electron chi connectivity index (χ2n) is 3.93. The van der Waals surface area contributed by atoms with Crippen LogP contribution < -0.4 is 5.73 Å². The highest BCUT2D eigenvalue weighted by Gasteiger charge is 2.14. The Hall–Kier alpha value is -1.81. The van der Waals surface area contributed by atoms with Gasteiger partial charge in [0, 0.05) is 24.1 Å². The molecule has 4 nitrogen and oxygen atoms in total. The smallest absolute Gasteiger partial charge is 0.320 e. The van der Waals surface area contributed by atoms with Crippen molar-refractivity contribution in [3.8, 4) is 0 Å². The minimum Gasteiger partial charge on any atom is -0.480 e. The third-order valence-electron chi connectivity index (χ3n) is 2.78. The molecule has 0 spiro atoms. The van der Waals surface area contributed by atoms with Gasteiger partial charge in [-0.15, -0.1) is 0 Å². The number of rotatable bonds is 3. The van der Waals surface area contributed by atoms with Gasteiger partial charge in [-0.3, -0.25) is 4.79 Å². The second-order valence-corrected chi connectivity index (χ2v) is 3.93. The molecule has 84 valence electrons. The minimum atomic E-state index is -0.965. The van der Waals surface area contributed by atoms with Crippen LogP contribution in [0.15, 0.2) is 30.5 Å². The van der Waals surface area contributed by atoms with E-state index in [4.69, 9.17) is 10.8 Å². The normalized spacial score (nSPS) is 12.9. The monoisotopic (exact) mass is 218 g/mol. The Labute approximate surface area is 93.3 Å². The number of carbonyl (C=O) groups is 1. The number of carboxylic acid groups (broad SMARTS) is 1. The molecule has 1 heterocycles. The molecule has 0 aliphatic heterocycles. The van der Waals surface area contributed by atoms with Crippen LogP contribution in [0.1, 0.15) is 5.56 Å². The number of aromatic nitrogens is 1. The summed E-state index contributed by atoms with van der Waals surface area (Å²) >= 11 is 0. The first-order valence-corrected chi connectivity index (χ1v) is 5.11. The van der Waals surface area contributed by atoms with Crippen molar-refractivity contribution < 1.29 is 9.90 Å². The zero-order chi connectivity index (χ0) is 11.7. The van der Waals surface area contributed by atoms with E-state index in [1.807, 2.05) is 42.1 Å². The van der Waals surface area contributed by atoms with Gasteiger partial charge in [-0.25, -0.2) is 0 Å². The Morgan fingerprint density at radius 2 is 2.25 bits per heavy atom. The molecule has 4 heteroatoms. The molecule has 0 fully saturated rings. The predicted molar refractivity (Wildman–Crippen MR) is 62.2 cm³/mol. The van der Waals surface area contributed by atoms with Crippen LogP contribution in [0.5, 0.6) is 0 Å². The largest absolute Gasteiger partial charge is 0.480 e. The topological polar surface area (TPSA) is 68.2 Å². The van der Waals surface area contributed by atoms with E-state index in [1.165, 1.54) is 0 Å².